The Morgan fingerprint density at radius 2 is 1.67 bits per heavy atom. The van der Waals surface area contributed by atoms with Crippen LogP contribution in [0.5, 0.6) is 0 Å². The number of hydrogen-bond acceptors (Lipinski definition) is 3. The third-order valence-electron chi connectivity index (χ3n) is 4.92. The van der Waals surface area contributed by atoms with E-state index >= 15 is 0 Å². The summed E-state index contributed by atoms with van der Waals surface area (Å²) in [5, 5.41) is 3.29. The average molecular weight is 329 g/mol. The molecule has 1 atom stereocenters. The SMILES string of the molecule is C[C@@H](Nc1ccc(N2CCCC2=O)cc1)C(=O)N1CCCCCC1. The van der Waals surface area contributed by atoms with Gasteiger partial charge in [0.1, 0.15) is 6.04 Å². The first-order chi connectivity index (χ1) is 11.6. The van der Waals surface area contributed by atoms with E-state index < -0.39 is 0 Å². The first-order valence-corrected chi connectivity index (χ1v) is 9.11. The van der Waals surface area contributed by atoms with Crippen LogP contribution in [0.3, 0.4) is 0 Å². The molecule has 0 aromatic heterocycles. The summed E-state index contributed by atoms with van der Waals surface area (Å²) in [7, 11) is 0. The van der Waals surface area contributed by atoms with Crippen LogP contribution in [0, 0.1) is 0 Å². The Morgan fingerprint density at radius 1 is 1.00 bits per heavy atom. The molecule has 3 rings (SSSR count). The molecule has 2 fully saturated rings. The zero-order valence-corrected chi connectivity index (χ0v) is 14.5. The van der Waals surface area contributed by atoms with Gasteiger partial charge in [-0.3, -0.25) is 9.59 Å². The summed E-state index contributed by atoms with van der Waals surface area (Å²) in [5.74, 6) is 0.371. The molecule has 2 amide bonds. The van der Waals surface area contributed by atoms with Crippen LogP contribution in [0.25, 0.3) is 0 Å². The molecule has 1 aromatic rings. The Balaban J connectivity index is 1.58. The maximum atomic E-state index is 12.6. The summed E-state index contributed by atoms with van der Waals surface area (Å²) < 4.78 is 0. The van der Waals surface area contributed by atoms with Gasteiger partial charge in [-0.15, -0.1) is 0 Å². The van der Waals surface area contributed by atoms with Gasteiger partial charge in [0.25, 0.3) is 0 Å². The van der Waals surface area contributed by atoms with E-state index in [1.165, 1.54) is 12.8 Å². The molecule has 2 saturated heterocycles. The molecule has 0 radical (unpaired) electrons. The Hall–Kier alpha value is -2.04. The van der Waals surface area contributed by atoms with E-state index in [1.54, 1.807) is 0 Å². The van der Waals surface area contributed by atoms with Gasteiger partial charge >= 0.3 is 0 Å². The molecule has 0 spiro atoms. The molecule has 0 bridgehead atoms. The number of rotatable bonds is 4. The number of amides is 2. The Bertz CT molecular complexity index is 577. The van der Waals surface area contributed by atoms with Crippen molar-refractivity contribution >= 4 is 23.2 Å². The molecule has 0 saturated carbocycles. The van der Waals surface area contributed by atoms with Crippen molar-refractivity contribution in [3.05, 3.63) is 24.3 Å². The summed E-state index contributed by atoms with van der Waals surface area (Å²) in [4.78, 5) is 28.2. The summed E-state index contributed by atoms with van der Waals surface area (Å²) in [6, 6.07) is 7.58. The van der Waals surface area contributed by atoms with Crippen LogP contribution in [0.15, 0.2) is 24.3 Å². The fourth-order valence-corrected chi connectivity index (χ4v) is 3.54. The Labute approximate surface area is 144 Å². The molecular weight excluding hydrogens is 302 g/mol. The summed E-state index contributed by atoms with van der Waals surface area (Å²) >= 11 is 0. The molecule has 1 N–H and O–H groups in total. The van der Waals surface area contributed by atoms with Crippen LogP contribution in [0.1, 0.15) is 45.4 Å². The number of benzene rings is 1. The smallest absolute Gasteiger partial charge is 0.244 e. The van der Waals surface area contributed by atoms with Crippen molar-refractivity contribution in [2.24, 2.45) is 0 Å². The predicted molar refractivity (Wildman–Crippen MR) is 96.2 cm³/mol. The first kappa shape index (κ1) is 16.8. The Morgan fingerprint density at radius 3 is 2.25 bits per heavy atom. The van der Waals surface area contributed by atoms with E-state index in [-0.39, 0.29) is 17.9 Å². The number of anilines is 2. The van der Waals surface area contributed by atoms with Gasteiger partial charge in [0.15, 0.2) is 0 Å². The van der Waals surface area contributed by atoms with E-state index in [0.29, 0.717) is 6.42 Å². The highest BCUT2D eigenvalue weighted by molar-refractivity contribution is 5.95. The summed E-state index contributed by atoms with van der Waals surface area (Å²) in [6.45, 7) is 4.47. The quantitative estimate of drug-likeness (QED) is 0.924. The van der Waals surface area contributed by atoms with E-state index in [9.17, 15) is 9.59 Å². The fraction of sp³-hybridized carbons (Fsp3) is 0.579. The molecule has 2 aliphatic rings. The largest absolute Gasteiger partial charge is 0.374 e. The minimum Gasteiger partial charge on any atom is -0.374 e. The molecule has 130 valence electrons. The lowest BCUT2D eigenvalue weighted by Crippen LogP contribution is -2.41. The normalized spacial score (nSPS) is 20.0. The van der Waals surface area contributed by atoms with E-state index in [2.05, 4.69) is 5.32 Å². The topological polar surface area (TPSA) is 52.7 Å². The van der Waals surface area contributed by atoms with Gasteiger partial charge in [0.2, 0.25) is 11.8 Å². The molecule has 1 aromatic carbocycles. The summed E-state index contributed by atoms with van der Waals surface area (Å²) in [5.41, 5.74) is 1.86. The van der Waals surface area contributed by atoms with Gasteiger partial charge in [-0.1, -0.05) is 12.8 Å². The zero-order chi connectivity index (χ0) is 16.9. The monoisotopic (exact) mass is 329 g/mol. The standard InChI is InChI=1S/C19H27N3O2/c1-15(19(24)21-12-4-2-3-5-13-21)20-16-8-10-17(11-9-16)22-14-6-7-18(22)23/h8-11,15,20H,2-7,12-14H2,1H3/t15-/m1/s1. The van der Waals surface area contributed by atoms with Crippen molar-refractivity contribution in [1.29, 1.82) is 0 Å². The molecular formula is C19H27N3O2. The van der Waals surface area contributed by atoms with Gasteiger partial charge in [-0.2, -0.15) is 0 Å². The van der Waals surface area contributed by atoms with Gasteiger partial charge in [0.05, 0.1) is 0 Å². The minimum atomic E-state index is -0.234. The first-order valence-electron chi connectivity index (χ1n) is 9.11. The third kappa shape index (κ3) is 3.89. The second kappa shape index (κ2) is 7.69. The molecule has 0 aliphatic carbocycles. The molecule has 2 heterocycles. The molecule has 24 heavy (non-hydrogen) atoms. The van der Waals surface area contributed by atoms with E-state index in [4.69, 9.17) is 0 Å². The molecule has 2 aliphatic heterocycles. The lowest BCUT2D eigenvalue weighted by molar-refractivity contribution is -0.131. The fourth-order valence-electron chi connectivity index (χ4n) is 3.54. The van der Waals surface area contributed by atoms with Gasteiger partial charge in [0, 0.05) is 37.4 Å². The zero-order valence-electron chi connectivity index (χ0n) is 14.5. The lowest BCUT2D eigenvalue weighted by atomic mass is 10.2. The number of nitrogens with one attached hydrogen (secondary N) is 1. The third-order valence-corrected chi connectivity index (χ3v) is 4.92. The number of likely N-dealkylation sites (tertiary alicyclic amines) is 1. The van der Waals surface area contributed by atoms with Gasteiger partial charge in [-0.25, -0.2) is 0 Å². The molecule has 5 nitrogen and oxygen atoms in total. The highest BCUT2D eigenvalue weighted by Gasteiger charge is 2.23. The second-order valence-electron chi connectivity index (χ2n) is 6.80. The summed E-state index contributed by atoms with van der Waals surface area (Å²) in [6.07, 6.45) is 6.24. The van der Waals surface area contributed by atoms with Crippen LogP contribution in [-0.2, 0) is 9.59 Å². The van der Waals surface area contributed by atoms with Crippen LogP contribution < -0.4 is 10.2 Å². The maximum absolute atomic E-state index is 12.6. The maximum Gasteiger partial charge on any atom is 0.244 e. The van der Waals surface area contributed by atoms with Crippen LogP contribution in [-0.4, -0.2) is 42.4 Å². The second-order valence-corrected chi connectivity index (χ2v) is 6.80. The van der Waals surface area contributed by atoms with Gasteiger partial charge in [-0.05, 0) is 50.5 Å². The van der Waals surface area contributed by atoms with Crippen molar-refractivity contribution < 1.29 is 9.59 Å². The highest BCUT2D eigenvalue weighted by atomic mass is 16.2. The van der Waals surface area contributed by atoms with E-state index in [0.717, 1.165) is 50.3 Å². The molecule has 5 heteroatoms. The Kier molecular flexibility index (Phi) is 5.38. The van der Waals surface area contributed by atoms with Crippen molar-refractivity contribution in [1.82, 2.24) is 4.90 Å². The van der Waals surface area contributed by atoms with E-state index in [1.807, 2.05) is 41.0 Å². The number of hydrogen-bond donors (Lipinski definition) is 1. The van der Waals surface area contributed by atoms with Crippen LogP contribution in [0.4, 0.5) is 11.4 Å². The van der Waals surface area contributed by atoms with Crippen LogP contribution >= 0.6 is 0 Å². The number of carbonyl (C=O) groups excluding carboxylic acids is 2. The van der Waals surface area contributed by atoms with Gasteiger partial charge < -0.3 is 15.1 Å². The van der Waals surface area contributed by atoms with Crippen molar-refractivity contribution in [3.8, 4) is 0 Å². The van der Waals surface area contributed by atoms with Crippen molar-refractivity contribution in [2.45, 2.75) is 51.5 Å². The van der Waals surface area contributed by atoms with Crippen LogP contribution in [0.2, 0.25) is 0 Å². The molecule has 0 unspecified atom stereocenters. The predicted octanol–water partition coefficient (Wildman–Crippen LogP) is 3.02. The lowest BCUT2D eigenvalue weighted by Gasteiger charge is -2.25. The average Bonchev–Trinajstić information content (AvgIpc) is 2.85. The minimum absolute atomic E-state index is 0.177. The number of nitrogens with zero attached hydrogens (tertiary/aromatic N) is 2. The highest BCUT2D eigenvalue weighted by Crippen LogP contribution is 2.23. The van der Waals surface area contributed by atoms with Crippen molar-refractivity contribution in [3.63, 3.8) is 0 Å². The van der Waals surface area contributed by atoms with Crippen molar-refractivity contribution in [2.75, 3.05) is 29.9 Å². The number of carbonyl (C=O) groups is 2.